The topological polar surface area (TPSA) is 30.5 Å². The van der Waals surface area contributed by atoms with Gasteiger partial charge in [-0.25, -0.2) is 0 Å². The fourth-order valence-corrected chi connectivity index (χ4v) is 14.9. The van der Waals surface area contributed by atoms with Gasteiger partial charge in [-0.3, -0.25) is 0 Å². The van der Waals surface area contributed by atoms with Crippen molar-refractivity contribution in [2.24, 2.45) is 0 Å². The van der Waals surface area contributed by atoms with Gasteiger partial charge in [0, 0.05) is 5.67 Å². The van der Waals surface area contributed by atoms with E-state index in [1.54, 1.807) is 0 Å². The van der Waals surface area contributed by atoms with Gasteiger partial charge in [-0.2, -0.15) is 0 Å². The molecule has 0 saturated heterocycles. The third-order valence-electron chi connectivity index (χ3n) is 2.41. The average Bonchev–Trinajstić information content (AvgIpc) is 1.97. The summed E-state index contributed by atoms with van der Waals surface area (Å²) in [5.41, 5.74) is 0.376. The van der Waals surface area contributed by atoms with Crippen LogP contribution < -0.4 is 5.32 Å². The van der Waals surface area contributed by atoms with Crippen molar-refractivity contribution in [2.45, 2.75) is 64.8 Å². The second-order valence-corrected chi connectivity index (χ2v) is 19.5. The summed E-state index contributed by atoms with van der Waals surface area (Å²) in [6.45, 7) is 17.9. The summed E-state index contributed by atoms with van der Waals surface area (Å²) in [6.07, 6.45) is 1.06. The van der Waals surface area contributed by atoms with Crippen molar-refractivity contribution in [3.63, 3.8) is 0 Å². The molecule has 3 nitrogen and oxygen atoms in total. The molecule has 0 bridgehead atoms. The molecule has 1 N–H and O–H groups in total. The van der Waals surface area contributed by atoms with Crippen LogP contribution in [0.2, 0.25) is 45.8 Å². The van der Waals surface area contributed by atoms with Crippen LogP contribution in [0.25, 0.3) is 0 Å². The largest absolute Gasteiger partial charge is 0.436 e. The van der Waals surface area contributed by atoms with Gasteiger partial charge in [0.2, 0.25) is 0 Å². The highest BCUT2D eigenvalue weighted by Crippen LogP contribution is 2.24. The van der Waals surface area contributed by atoms with Crippen molar-refractivity contribution < 1.29 is 8.23 Å². The zero-order chi connectivity index (χ0) is 13.9. The fourth-order valence-electron chi connectivity index (χ4n) is 2.22. The molecule has 1 atom stereocenters. The molecule has 0 aromatic heterocycles. The molecule has 6 heteroatoms. The Balaban J connectivity index is 5.06. The summed E-state index contributed by atoms with van der Waals surface area (Å²) < 4.78 is 12.9. The van der Waals surface area contributed by atoms with Crippen molar-refractivity contribution in [1.29, 1.82) is 0 Å². The summed E-state index contributed by atoms with van der Waals surface area (Å²) in [5.74, 6) is 0. The molecule has 0 radical (unpaired) electrons. The van der Waals surface area contributed by atoms with E-state index in [1.807, 2.05) is 7.05 Å². The van der Waals surface area contributed by atoms with E-state index in [0.29, 0.717) is 5.67 Å². The van der Waals surface area contributed by atoms with Gasteiger partial charge in [0.1, 0.15) is 0 Å². The summed E-state index contributed by atoms with van der Waals surface area (Å²) >= 11 is 0. The zero-order valence-electron chi connectivity index (χ0n) is 13.1. The van der Waals surface area contributed by atoms with E-state index in [-0.39, 0.29) is 0 Å². The van der Waals surface area contributed by atoms with Crippen molar-refractivity contribution in [3.05, 3.63) is 0 Å². The van der Waals surface area contributed by atoms with E-state index in [1.165, 1.54) is 0 Å². The molecule has 104 valence electrons. The highest BCUT2D eigenvalue weighted by atomic mass is 28.5. The van der Waals surface area contributed by atoms with E-state index in [4.69, 9.17) is 8.23 Å². The normalized spacial score (nSPS) is 16.1. The minimum Gasteiger partial charge on any atom is -0.436 e. The molecular weight excluding hydrogens is 262 g/mol. The molecule has 0 rings (SSSR count). The Hall–Kier alpha value is 0.531. The molecule has 0 aliphatic carbocycles. The first-order valence-electron chi connectivity index (χ1n) is 6.51. The lowest BCUT2D eigenvalue weighted by Crippen LogP contribution is -2.63. The molecule has 0 heterocycles. The number of rotatable bonds is 7. The zero-order valence-corrected chi connectivity index (χ0v) is 16.1. The van der Waals surface area contributed by atoms with Crippen molar-refractivity contribution in [2.75, 3.05) is 7.05 Å². The van der Waals surface area contributed by atoms with Crippen LogP contribution in [-0.4, -0.2) is 37.9 Å². The van der Waals surface area contributed by atoms with Crippen molar-refractivity contribution in [3.8, 4) is 0 Å². The van der Waals surface area contributed by atoms with Crippen LogP contribution in [0.3, 0.4) is 0 Å². The van der Waals surface area contributed by atoms with Crippen LogP contribution in [-0.2, 0) is 8.23 Å². The second-order valence-electron chi connectivity index (χ2n) is 6.69. The molecule has 0 fully saturated rings. The Morgan fingerprint density at radius 2 is 1.24 bits per heavy atom. The van der Waals surface area contributed by atoms with E-state index in [9.17, 15) is 0 Å². The van der Waals surface area contributed by atoms with Gasteiger partial charge in [0.25, 0.3) is 0 Å². The lowest BCUT2D eigenvalue weighted by atomic mass is 10.5. The fraction of sp³-hybridized carbons (Fsp3) is 1.00. The molecule has 17 heavy (non-hydrogen) atoms. The number of nitrogens with one attached hydrogen (secondary N) is 1. The minimum absolute atomic E-state index is 0.376. The molecule has 0 aromatic rings. The Morgan fingerprint density at radius 1 is 0.882 bits per heavy atom. The Labute approximate surface area is 111 Å². The van der Waals surface area contributed by atoms with E-state index < -0.39 is 25.2 Å². The summed E-state index contributed by atoms with van der Waals surface area (Å²) in [7, 11) is -3.26. The summed E-state index contributed by atoms with van der Waals surface area (Å²) in [5, 5.41) is 3.39. The quantitative estimate of drug-likeness (QED) is 0.731. The van der Waals surface area contributed by atoms with E-state index in [0.717, 1.165) is 6.42 Å². The van der Waals surface area contributed by atoms with Gasteiger partial charge in [-0.1, -0.05) is 6.92 Å². The van der Waals surface area contributed by atoms with Crippen molar-refractivity contribution in [1.82, 2.24) is 5.32 Å². The molecule has 0 saturated carbocycles. The smallest absolute Gasteiger partial charge is 0.331 e. The molecule has 0 aliphatic rings. The average molecular weight is 294 g/mol. The van der Waals surface area contributed by atoms with Crippen LogP contribution >= 0.6 is 0 Å². The van der Waals surface area contributed by atoms with Crippen molar-refractivity contribution >= 4 is 25.2 Å². The number of hydrogen-bond acceptors (Lipinski definition) is 3. The molecule has 0 aromatic carbocycles. The molecule has 0 amide bonds. The monoisotopic (exact) mass is 293 g/mol. The predicted octanol–water partition coefficient (Wildman–Crippen LogP) is 3.30. The maximum atomic E-state index is 6.47. The lowest BCUT2D eigenvalue weighted by molar-refractivity contribution is 0.351. The minimum atomic E-state index is -2.14. The maximum absolute atomic E-state index is 6.47. The van der Waals surface area contributed by atoms with Gasteiger partial charge in [0.05, 0.1) is 0 Å². The van der Waals surface area contributed by atoms with Gasteiger partial charge in [0.15, 0.2) is 16.6 Å². The molecular formula is C11H31NO2Si3. The van der Waals surface area contributed by atoms with Crippen LogP contribution in [0.15, 0.2) is 0 Å². The first-order valence-corrected chi connectivity index (χ1v) is 15.7. The van der Waals surface area contributed by atoms with Crippen LogP contribution in [0, 0.1) is 0 Å². The van der Waals surface area contributed by atoms with Crippen LogP contribution in [0.1, 0.15) is 13.3 Å². The summed E-state index contributed by atoms with van der Waals surface area (Å²) in [4.78, 5) is 0. The maximum Gasteiger partial charge on any atom is 0.331 e. The summed E-state index contributed by atoms with van der Waals surface area (Å²) in [6, 6.07) is 0. The molecule has 0 spiro atoms. The van der Waals surface area contributed by atoms with Gasteiger partial charge in [-0.05, 0) is 59.3 Å². The highest BCUT2D eigenvalue weighted by molar-refractivity contribution is 6.88. The van der Waals surface area contributed by atoms with Crippen LogP contribution in [0.4, 0.5) is 0 Å². The van der Waals surface area contributed by atoms with E-state index in [2.05, 4.69) is 58.1 Å². The second kappa shape index (κ2) is 6.12. The van der Waals surface area contributed by atoms with Gasteiger partial charge >= 0.3 is 8.56 Å². The lowest BCUT2D eigenvalue weighted by Gasteiger charge is -2.42. The Morgan fingerprint density at radius 3 is 1.41 bits per heavy atom. The van der Waals surface area contributed by atoms with Crippen LogP contribution in [0.5, 0.6) is 0 Å². The Bertz CT molecular complexity index is 216. The van der Waals surface area contributed by atoms with Gasteiger partial charge in [-0.15, -0.1) is 0 Å². The third-order valence-corrected chi connectivity index (χ3v) is 12.5. The third kappa shape index (κ3) is 6.88. The predicted molar refractivity (Wildman–Crippen MR) is 83.6 cm³/mol. The van der Waals surface area contributed by atoms with E-state index >= 15 is 0 Å². The Kier molecular flexibility index (Phi) is 6.31. The standard InChI is InChI=1S/C11H31NO2Si3/c1-10-11(12-2)17(9,13-15(3,4)5)14-16(6,7)8/h11-12H,10H2,1-9H3. The molecule has 0 aliphatic heterocycles. The van der Waals surface area contributed by atoms with Gasteiger partial charge < -0.3 is 13.5 Å². The highest BCUT2D eigenvalue weighted by Gasteiger charge is 2.45. The molecule has 1 unspecified atom stereocenters. The first kappa shape index (κ1) is 17.5. The first-order chi connectivity index (χ1) is 7.43. The number of hydrogen-bond donors (Lipinski definition) is 1. The SMILES string of the molecule is CCC(NC)[Si](C)(O[Si](C)(C)C)O[Si](C)(C)C.